The summed E-state index contributed by atoms with van der Waals surface area (Å²) in [7, 11) is 0. The van der Waals surface area contributed by atoms with Crippen LogP contribution in [0.5, 0.6) is 0 Å². The van der Waals surface area contributed by atoms with Gasteiger partial charge < -0.3 is 5.32 Å². The van der Waals surface area contributed by atoms with Crippen LogP contribution in [0.4, 0.5) is 4.39 Å². The second-order valence-corrected chi connectivity index (χ2v) is 7.62. The van der Waals surface area contributed by atoms with Gasteiger partial charge in [0.05, 0.1) is 16.1 Å². The number of halogens is 3. The summed E-state index contributed by atoms with van der Waals surface area (Å²) in [6.07, 6.45) is 5.91. The van der Waals surface area contributed by atoms with E-state index in [0.29, 0.717) is 10.6 Å². The number of nitrogens with one attached hydrogen (secondary N) is 1. The molecule has 0 radical (unpaired) electrons. The minimum Gasteiger partial charge on any atom is -0.348 e. The minimum atomic E-state index is -0.422. The minimum absolute atomic E-state index is 0.00793. The van der Waals surface area contributed by atoms with Gasteiger partial charge in [-0.2, -0.15) is 0 Å². The predicted molar refractivity (Wildman–Crippen MR) is 86.6 cm³/mol. The number of carbonyl (C=O) groups excluding carboxylic acids is 1. The normalized spacial score (nSPS) is 21.6. The Morgan fingerprint density at radius 2 is 1.95 bits per heavy atom. The van der Waals surface area contributed by atoms with E-state index in [2.05, 4.69) is 12.2 Å². The fourth-order valence-corrected chi connectivity index (χ4v) is 3.91. The van der Waals surface area contributed by atoms with E-state index in [0.717, 1.165) is 38.5 Å². The van der Waals surface area contributed by atoms with Crippen molar-refractivity contribution in [1.82, 2.24) is 5.32 Å². The molecule has 1 atom stereocenters. The summed E-state index contributed by atoms with van der Waals surface area (Å²) in [5.41, 5.74) is 0.159. The molecule has 1 amide bonds. The van der Waals surface area contributed by atoms with Crippen molar-refractivity contribution in [3.63, 3.8) is 0 Å². The molecule has 0 saturated heterocycles. The van der Waals surface area contributed by atoms with Crippen LogP contribution in [0.3, 0.4) is 0 Å². The highest BCUT2D eigenvalue weighted by atomic mass is 35.5. The van der Waals surface area contributed by atoms with Crippen molar-refractivity contribution in [3.8, 4) is 0 Å². The fourth-order valence-electron chi connectivity index (χ4n) is 3.48. The molecule has 0 aromatic heterocycles. The van der Waals surface area contributed by atoms with Gasteiger partial charge in [-0.1, -0.05) is 43.0 Å². The van der Waals surface area contributed by atoms with E-state index in [1.807, 2.05) is 0 Å². The Bertz CT molecular complexity index is 595. The zero-order valence-electron chi connectivity index (χ0n) is 12.6. The Labute approximate surface area is 140 Å². The molecule has 1 aromatic carbocycles. The summed E-state index contributed by atoms with van der Waals surface area (Å²) >= 11 is 12.4. The molecule has 0 spiro atoms. The zero-order valence-corrected chi connectivity index (χ0v) is 14.1. The lowest BCUT2D eigenvalue weighted by Gasteiger charge is -2.36. The summed E-state index contributed by atoms with van der Waals surface area (Å²) in [6.45, 7) is 2.11. The molecule has 0 heterocycles. The smallest absolute Gasteiger partial charge is 0.223 e. The van der Waals surface area contributed by atoms with E-state index >= 15 is 0 Å². The summed E-state index contributed by atoms with van der Waals surface area (Å²) < 4.78 is 14.5. The first-order chi connectivity index (χ1) is 10.4. The number of hydrogen-bond donors (Lipinski definition) is 1. The Hall–Kier alpha value is -0.800. The van der Waals surface area contributed by atoms with Gasteiger partial charge in [-0.3, -0.25) is 4.79 Å². The van der Waals surface area contributed by atoms with Crippen LogP contribution >= 0.6 is 23.2 Å². The summed E-state index contributed by atoms with van der Waals surface area (Å²) in [5, 5.41) is 3.61. The van der Waals surface area contributed by atoms with Gasteiger partial charge in [-0.15, -0.1) is 0 Å². The zero-order chi connectivity index (χ0) is 15.9. The Morgan fingerprint density at radius 1 is 1.32 bits per heavy atom. The van der Waals surface area contributed by atoms with E-state index in [-0.39, 0.29) is 22.3 Å². The van der Waals surface area contributed by atoms with Gasteiger partial charge in [0.15, 0.2) is 0 Å². The quantitative estimate of drug-likeness (QED) is 0.740. The molecule has 22 heavy (non-hydrogen) atoms. The lowest BCUT2D eigenvalue weighted by molar-refractivity contribution is -0.124. The first-order valence-corrected chi connectivity index (χ1v) is 8.62. The number of benzene rings is 1. The highest BCUT2D eigenvalue weighted by molar-refractivity contribution is 6.42. The molecular weight excluding hydrogens is 324 g/mol. The van der Waals surface area contributed by atoms with E-state index < -0.39 is 11.9 Å². The standard InChI is InChI=1S/C17H20Cl2FNO/c1-17(8-2-3-9-17)15(21-16(22)10-4-5-10)13-12(20)7-6-11(18)14(13)19/h6-7,10,15H,2-5,8-9H2,1H3,(H,21,22). The number of rotatable bonds is 4. The molecule has 5 heteroatoms. The first-order valence-electron chi connectivity index (χ1n) is 7.86. The summed E-state index contributed by atoms with van der Waals surface area (Å²) in [6, 6.07) is 2.37. The third-order valence-corrected chi connectivity index (χ3v) is 5.86. The van der Waals surface area contributed by atoms with Crippen LogP contribution in [-0.2, 0) is 4.79 Å². The largest absolute Gasteiger partial charge is 0.348 e. The van der Waals surface area contributed by atoms with Gasteiger partial charge in [0.2, 0.25) is 5.91 Å². The fraction of sp³-hybridized carbons (Fsp3) is 0.588. The van der Waals surface area contributed by atoms with Crippen molar-refractivity contribution in [1.29, 1.82) is 0 Å². The van der Waals surface area contributed by atoms with E-state index in [1.54, 1.807) is 0 Å². The monoisotopic (exact) mass is 343 g/mol. The molecule has 2 aliphatic rings. The SMILES string of the molecule is CC1(C(NC(=O)C2CC2)c2c(F)ccc(Cl)c2Cl)CCCC1. The van der Waals surface area contributed by atoms with Crippen LogP contribution in [0.1, 0.15) is 57.1 Å². The molecule has 1 unspecified atom stereocenters. The Balaban J connectivity index is 2.01. The van der Waals surface area contributed by atoms with Crippen LogP contribution in [0.2, 0.25) is 10.0 Å². The predicted octanol–water partition coefficient (Wildman–Crippen LogP) is 5.28. The molecule has 1 aromatic rings. The van der Waals surface area contributed by atoms with Crippen LogP contribution < -0.4 is 5.32 Å². The van der Waals surface area contributed by atoms with Gasteiger partial charge >= 0.3 is 0 Å². The van der Waals surface area contributed by atoms with E-state index in [9.17, 15) is 9.18 Å². The Kier molecular flexibility index (Phi) is 4.39. The molecule has 2 aliphatic carbocycles. The maximum absolute atomic E-state index is 14.5. The molecule has 2 fully saturated rings. The van der Waals surface area contributed by atoms with Crippen molar-refractivity contribution in [2.24, 2.45) is 11.3 Å². The molecular formula is C17H20Cl2FNO. The van der Waals surface area contributed by atoms with Gasteiger partial charge in [0, 0.05) is 11.5 Å². The highest BCUT2D eigenvalue weighted by Gasteiger charge is 2.43. The van der Waals surface area contributed by atoms with Crippen molar-refractivity contribution in [2.75, 3.05) is 0 Å². The number of hydrogen-bond acceptors (Lipinski definition) is 1. The van der Waals surface area contributed by atoms with Crippen LogP contribution in [0.25, 0.3) is 0 Å². The van der Waals surface area contributed by atoms with E-state index in [1.165, 1.54) is 12.1 Å². The average molecular weight is 344 g/mol. The number of carbonyl (C=O) groups is 1. The second-order valence-electron chi connectivity index (χ2n) is 6.83. The summed E-state index contributed by atoms with van der Waals surface area (Å²) in [5.74, 6) is -0.314. The molecule has 2 nitrogen and oxygen atoms in total. The maximum Gasteiger partial charge on any atom is 0.223 e. The topological polar surface area (TPSA) is 29.1 Å². The number of amides is 1. The van der Waals surface area contributed by atoms with E-state index in [4.69, 9.17) is 23.2 Å². The van der Waals surface area contributed by atoms with Gasteiger partial charge in [0.1, 0.15) is 5.82 Å². The highest BCUT2D eigenvalue weighted by Crippen LogP contribution is 2.50. The molecule has 3 rings (SSSR count). The van der Waals surface area contributed by atoms with Crippen molar-refractivity contribution < 1.29 is 9.18 Å². The third kappa shape index (κ3) is 2.98. The van der Waals surface area contributed by atoms with Gasteiger partial charge in [-0.25, -0.2) is 4.39 Å². The van der Waals surface area contributed by atoms with Crippen molar-refractivity contribution >= 4 is 29.1 Å². The lowest BCUT2D eigenvalue weighted by Crippen LogP contribution is -2.39. The van der Waals surface area contributed by atoms with Crippen molar-refractivity contribution in [3.05, 3.63) is 33.6 Å². The van der Waals surface area contributed by atoms with Crippen LogP contribution in [0.15, 0.2) is 12.1 Å². The molecule has 1 N–H and O–H groups in total. The molecule has 0 bridgehead atoms. The second kappa shape index (κ2) is 6.01. The molecule has 2 saturated carbocycles. The van der Waals surface area contributed by atoms with Gasteiger partial charge in [0.25, 0.3) is 0 Å². The first kappa shape index (κ1) is 16.1. The summed E-state index contributed by atoms with van der Waals surface area (Å²) in [4.78, 5) is 12.3. The van der Waals surface area contributed by atoms with Crippen LogP contribution in [0, 0.1) is 17.2 Å². The molecule has 0 aliphatic heterocycles. The average Bonchev–Trinajstić information content (AvgIpc) is 3.24. The lowest BCUT2D eigenvalue weighted by atomic mass is 9.77. The third-order valence-electron chi connectivity index (χ3n) is 5.05. The Morgan fingerprint density at radius 3 is 2.55 bits per heavy atom. The van der Waals surface area contributed by atoms with Crippen molar-refractivity contribution in [2.45, 2.75) is 51.5 Å². The molecule has 120 valence electrons. The van der Waals surface area contributed by atoms with Crippen LogP contribution in [-0.4, -0.2) is 5.91 Å². The van der Waals surface area contributed by atoms with Gasteiger partial charge in [-0.05, 0) is 43.2 Å². The maximum atomic E-state index is 14.5.